The van der Waals surface area contributed by atoms with Crippen molar-refractivity contribution in [2.24, 2.45) is 5.73 Å². The van der Waals surface area contributed by atoms with Crippen molar-refractivity contribution in [3.05, 3.63) is 0 Å². The third kappa shape index (κ3) is 6.40. The zero-order chi connectivity index (χ0) is 10.5. The maximum Gasteiger partial charge on any atom is 0.407 e. The van der Waals surface area contributed by atoms with E-state index in [4.69, 9.17) is 10.5 Å². The standard InChI is InChI=1S/C9H20N2O2/c1-5-7(6-10)11-8(12)13-9(2,3)4/h7H,5-6,10H2,1-4H3,(H,11,12)/t7-/m1/s1. The number of ether oxygens (including phenoxy) is 1. The molecule has 78 valence electrons. The van der Waals surface area contributed by atoms with E-state index < -0.39 is 11.7 Å². The Labute approximate surface area is 79.8 Å². The number of amides is 1. The number of hydrogen-bond acceptors (Lipinski definition) is 3. The predicted octanol–water partition coefficient (Wildman–Crippen LogP) is 1.25. The largest absolute Gasteiger partial charge is 0.444 e. The average molecular weight is 188 g/mol. The fraction of sp³-hybridized carbons (Fsp3) is 0.889. The zero-order valence-corrected chi connectivity index (χ0v) is 8.89. The van der Waals surface area contributed by atoms with Crippen LogP contribution in [0.3, 0.4) is 0 Å². The molecule has 1 amide bonds. The SMILES string of the molecule is CC[C@H](CN)NC(=O)OC(C)(C)C. The third-order valence-electron chi connectivity index (χ3n) is 1.50. The minimum Gasteiger partial charge on any atom is -0.444 e. The summed E-state index contributed by atoms with van der Waals surface area (Å²) in [5, 5.41) is 2.69. The number of carbonyl (C=O) groups is 1. The fourth-order valence-corrected chi connectivity index (χ4v) is 0.802. The van der Waals surface area contributed by atoms with Gasteiger partial charge in [0.2, 0.25) is 0 Å². The Hall–Kier alpha value is -0.770. The van der Waals surface area contributed by atoms with Gasteiger partial charge in [0.25, 0.3) is 0 Å². The summed E-state index contributed by atoms with van der Waals surface area (Å²) in [4.78, 5) is 11.2. The van der Waals surface area contributed by atoms with Crippen LogP contribution in [0.4, 0.5) is 4.79 Å². The molecule has 3 N–H and O–H groups in total. The molecular weight excluding hydrogens is 168 g/mol. The molecule has 0 saturated carbocycles. The Morgan fingerprint density at radius 2 is 2.08 bits per heavy atom. The van der Waals surface area contributed by atoms with Crippen molar-refractivity contribution in [2.45, 2.75) is 45.8 Å². The summed E-state index contributed by atoms with van der Waals surface area (Å²) in [5.74, 6) is 0. The highest BCUT2D eigenvalue weighted by molar-refractivity contribution is 5.68. The molecule has 0 radical (unpaired) electrons. The predicted molar refractivity (Wildman–Crippen MR) is 52.5 cm³/mol. The topological polar surface area (TPSA) is 64.3 Å². The summed E-state index contributed by atoms with van der Waals surface area (Å²) in [6, 6.07) is 0.00912. The molecule has 0 spiro atoms. The number of alkyl carbamates (subject to hydrolysis) is 1. The van der Waals surface area contributed by atoms with Crippen molar-refractivity contribution < 1.29 is 9.53 Å². The first-order chi connectivity index (χ1) is 5.89. The molecule has 0 aliphatic heterocycles. The van der Waals surface area contributed by atoms with Gasteiger partial charge in [-0.05, 0) is 27.2 Å². The summed E-state index contributed by atoms with van der Waals surface area (Å²) in [6.45, 7) is 7.90. The van der Waals surface area contributed by atoms with E-state index in [0.717, 1.165) is 6.42 Å². The van der Waals surface area contributed by atoms with Gasteiger partial charge in [-0.2, -0.15) is 0 Å². The summed E-state index contributed by atoms with van der Waals surface area (Å²) in [6.07, 6.45) is 0.417. The van der Waals surface area contributed by atoms with Crippen LogP contribution in [0.15, 0.2) is 0 Å². The van der Waals surface area contributed by atoms with Gasteiger partial charge >= 0.3 is 6.09 Å². The highest BCUT2D eigenvalue weighted by atomic mass is 16.6. The summed E-state index contributed by atoms with van der Waals surface area (Å²) in [5.41, 5.74) is 4.98. The first-order valence-electron chi connectivity index (χ1n) is 4.58. The number of nitrogens with two attached hydrogens (primary N) is 1. The van der Waals surface area contributed by atoms with Gasteiger partial charge in [0.15, 0.2) is 0 Å². The lowest BCUT2D eigenvalue weighted by atomic mass is 10.2. The normalized spacial score (nSPS) is 13.6. The van der Waals surface area contributed by atoms with Gasteiger partial charge in [0, 0.05) is 12.6 Å². The third-order valence-corrected chi connectivity index (χ3v) is 1.50. The molecular formula is C9H20N2O2. The van der Waals surface area contributed by atoms with Gasteiger partial charge in [-0.1, -0.05) is 6.92 Å². The van der Waals surface area contributed by atoms with Crippen LogP contribution in [0.1, 0.15) is 34.1 Å². The zero-order valence-electron chi connectivity index (χ0n) is 8.89. The Morgan fingerprint density at radius 1 is 1.54 bits per heavy atom. The molecule has 0 aliphatic carbocycles. The maximum absolute atomic E-state index is 11.2. The molecule has 0 aliphatic rings. The smallest absolute Gasteiger partial charge is 0.407 e. The van der Waals surface area contributed by atoms with Gasteiger partial charge in [0.05, 0.1) is 0 Å². The minimum atomic E-state index is -0.447. The van der Waals surface area contributed by atoms with Crippen LogP contribution >= 0.6 is 0 Å². The van der Waals surface area contributed by atoms with Crippen LogP contribution < -0.4 is 11.1 Å². The Morgan fingerprint density at radius 3 is 2.38 bits per heavy atom. The Balaban J connectivity index is 3.86. The molecule has 13 heavy (non-hydrogen) atoms. The first-order valence-corrected chi connectivity index (χ1v) is 4.58. The maximum atomic E-state index is 11.2. The molecule has 0 aromatic carbocycles. The van der Waals surface area contributed by atoms with Crippen LogP contribution in [0, 0.1) is 0 Å². The molecule has 4 heteroatoms. The monoisotopic (exact) mass is 188 g/mol. The van der Waals surface area contributed by atoms with Crippen molar-refractivity contribution in [1.82, 2.24) is 5.32 Å². The number of carbonyl (C=O) groups excluding carboxylic acids is 1. The number of rotatable bonds is 3. The van der Waals surface area contributed by atoms with E-state index >= 15 is 0 Å². The molecule has 0 rings (SSSR count). The van der Waals surface area contributed by atoms with Crippen LogP contribution in [0.2, 0.25) is 0 Å². The molecule has 4 nitrogen and oxygen atoms in total. The van der Waals surface area contributed by atoms with Gasteiger partial charge in [-0.25, -0.2) is 4.79 Å². The molecule has 0 aromatic rings. The summed E-state index contributed by atoms with van der Waals surface area (Å²) in [7, 11) is 0. The molecule has 0 unspecified atom stereocenters. The number of hydrogen-bond donors (Lipinski definition) is 2. The van der Waals surface area contributed by atoms with E-state index in [1.54, 1.807) is 0 Å². The van der Waals surface area contributed by atoms with E-state index in [9.17, 15) is 4.79 Å². The summed E-state index contributed by atoms with van der Waals surface area (Å²) < 4.78 is 5.07. The quantitative estimate of drug-likeness (QED) is 0.700. The van der Waals surface area contributed by atoms with Crippen LogP contribution in [-0.2, 0) is 4.74 Å². The number of nitrogens with one attached hydrogen (secondary N) is 1. The second-order valence-corrected chi connectivity index (χ2v) is 3.99. The minimum absolute atomic E-state index is 0.00912. The molecule has 1 atom stereocenters. The van der Waals surface area contributed by atoms with Gasteiger partial charge in [-0.3, -0.25) is 0 Å². The van der Waals surface area contributed by atoms with Crippen molar-refractivity contribution >= 4 is 6.09 Å². The van der Waals surface area contributed by atoms with Gasteiger partial charge in [0.1, 0.15) is 5.60 Å². The fourth-order valence-electron chi connectivity index (χ4n) is 0.802. The van der Waals surface area contributed by atoms with Crippen LogP contribution in [-0.4, -0.2) is 24.3 Å². The Kier molecular flexibility index (Phi) is 4.77. The molecule has 0 heterocycles. The van der Waals surface area contributed by atoms with Crippen molar-refractivity contribution in [2.75, 3.05) is 6.54 Å². The lowest BCUT2D eigenvalue weighted by Gasteiger charge is -2.22. The van der Waals surface area contributed by atoms with E-state index in [1.807, 2.05) is 27.7 Å². The first kappa shape index (κ1) is 12.2. The van der Waals surface area contributed by atoms with E-state index in [2.05, 4.69) is 5.32 Å². The van der Waals surface area contributed by atoms with E-state index in [1.165, 1.54) is 0 Å². The highest BCUT2D eigenvalue weighted by Crippen LogP contribution is 2.06. The van der Waals surface area contributed by atoms with Crippen LogP contribution in [0.5, 0.6) is 0 Å². The molecule has 0 fully saturated rings. The second-order valence-electron chi connectivity index (χ2n) is 3.99. The molecule has 0 aromatic heterocycles. The van der Waals surface area contributed by atoms with Crippen molar-refractivity contribution in [3.8, 4) is 0 Å². The molecule has 0 saturated heterocycles. The van der Waals surface area contributed by atoms with Crippen molar-refractivity contribution in [1.29, 1.82) is 0 Å². The summed E-state index contributed by atoms with van der Waals surface area (Å²) >= 11 is 0. The second kappa shape index (κ2) is 5.07. The van der Waals surface area contributed by atoms with E-state index in [-0.39, 0.29) is 6.04 Å². The lowest BCUT2D eigenvalue weighted by molar-refractivity contribution is 0.0505. The van der Waals surface area contributed by atoms with Gasteiger partial charge in [-0.15, -0.1) is 0 Å². The molecule has 0 bridgehead atoms. The Bertz CT molecular complexity index is 159. The average Bonchev–Trinajstić information content (AvgIpc) is 1.96. The van der Waals surface area contributed by atoms with E-state index in [0.29, 0.717) is 6.54 Å². The van der Waals surface area contributed by atoms with Gasteiger partial charge < -0.3 is 15.8 Å². The highest BCUT2D eigenvalue weighted by Gasteiger charge is 2.17. The lowest BCUT2D eigenvalue weighted by Crippen LogP contribution is -2.42. The van der Waals surface area contributed by atoms with Crippen molar-refractivity contribution in [3.63, 3.8) is 0 Å². The van der Waals surface area contributed by atoms with Crippen LogP contribution in [0.25, 0.3) is 0 Å².